The zero-order chi connectivity index (χ0) is 20.5. The normalized spacial score (nSPS) is 16.6. The number of nitrogens with one attached hydrogen (secondary N) is 1. The van der Waals surface area contributed by atoms with Crippen LogP contribution in [0.5, 0.6) is 11.5 Å². The van der Waals surface area contributed by atoms with E-state index >= 15 is 0 Å². The summed E-state index contributed by atoms with van der Waals surface area (Å²) < 4.78 is 12.3. The van der Waals surface area contributed by atoms with E-state index < -0.39 is 0 Å². The predicted octanol–water partition coefficient (Wildman–Crippen LogP) is 3.45. The third-order valence-electron chi connectivity index (χ3n) is 5.34. The van der Waals surface area contributed by atoms with Gasteiger partial charge in [-0.1, -0.05) is 6.08 Å². The Kier molecular flexibility index (Phi) is 5.11. The van der Waals surface area contributed by atoms with E-state index in [4.69, 9.17) is 14.5 Å². The summed E-state index contributed by atoms with van der Waals surface area (Å²) in [5.74, 6) is 1.24. The molecule has 0 fully saturated rings. The Balaban J connectivity index is 1.82. The van der Waals surface area contributed by atoms with Crippen LogP contribution in [0, 0.1) is 6.92 Å². The van der Waals surface area contributed by atoms with Gasteiger partial charge in [-0.2, -0.15) is 0 Å². The highest BCUT2D eigenvalue weighted by atomic mass is 16.5. The van der Waals surface area contributed by atoms with Crippen LogP contribution in [0.1, 0.15) is 24.5 Å². The van der Waals surface area contributed by atoms with Gasteiger partial charge < -0.3 is 14.8 Å². The van der Waals surface area contributed by atoms with Gasteiger partial charge in [-0.05, 0) is 61.2 Å². The van der Waals surface area contributed by atoms with E-state index in [1.54, 1.807) is 24.7 Å². The Morgan fingerprint density at radius 1 is 1.10 bits per heavy atom. The van der Waals surface area contributed by atoms with Gasteiger partial charge >= 0.3 is 0 Å². The summed E-state index contributed by atoms with van der Waals surface area (Å²) in [5.41, 5.74) is 5.28. The van der Waals surface area contributed by atoms with E-state index in [1.807, 2.05) is 31.3 Å². The van der Waals surface area contributed by atoms with Gasteiger partial charge in [0.15, 0.2) is 11.5 Å². The molecule has 3 aromatic rings. The average Bonchev–Trinajstić information content (AvgIpc) is 2.73. The second kappa shape index (κ2) is 7.72. The summed E-state index contributed by atoms with van der Waals surface area (Å²) >= 11 is 0. The molecule has 0 spiro atoms. The first kappa shape index (κ1) is 19.2. The van der Waals surface area contributed by atoms with E-state index in [2.05, 4.69) is 24.4 Å². The number of hydrogen-bond donors (Lipinski definition) is 1. The molecule has 0 saturated heterocycles. The topological polar surface area (TPSA) is 64.9 Å². The molecule has 0 aliphatic carbocycles. The van der Waals surface area contributed by atoms with Gasteiger partial charge in [0.05, 0.1) is 19.9 Å². The number of nitrogens with zero attached hydrogens (tertiary/aromatic N) is 2. The zero-order valence-electron chi connectivity index (χ0n) is 17.2. The van der Waals surface area contributed by atoms with E-state index in [9.17, 15) is 4.79 Å². The summed E-state index contributed by atoms with van der Waals surface area (Å²) in [7, 11) is 3.18. The third kappa shape index (κ3) is 3.63. The van der Waals surface area contributed by atoms with Gasteiger partial charge in [0.25, 0.3) is 5.56 Å². The van der Waals surface area contributed by atoms with Crippen molar-refractivity contribution < 1.29 is 9.47 Å². The third-order valence-corrected chi connectivity index (χ3v) is 5.34. The van der Waals surface area contributed by atoms with E-state index in [1.165, 1.54) is 5.57 Å². The van der Waals surface area contributed by atoms with Crippen LogP contribution >= 0.6 is 0 Å². The fraction of sp³-hybridized carbons (Fsp3) is 0.304. The van der Waals surface area contributed by atoms with Crippen molar-refractivity contribution >= 4 is 11.2 Å². The molecule has 1 aliphatic heterocycles. The molecule has 6 heteroatoms. The molecule has 3 heterocycles. The van der Waals surface area contributed by atoms with Gasteiger partial charge in [0.1, 0.15) is 5.65 Å². The fourth-order valence-corrected chi connectivity index (χ4v) is 3.79. The van der Waals surface area contributed by atoms with E-state index in [0.717, 1.165) is 29.7 Å². The number of fused-ring (bicyclic) bond motifs is 1. The number of hydrogen-bond acceptors (Lipinski definition) is 5. The number of pyridine rings is 1. The Morgan fingerprint density at radius 3 is 2.62 bits per heavy atom. The Bertz CT molecular complexity index is 1160. The Hall–Kier alpha value is -3.12. The maximum Gasteiger partial charge on any atom is 0.258 e. The van der Waals surface area contributed by atoms with Gasteiger partial charge in [0, 0.05) is 30.4 Å². The van der Waals surface area contributed by atoms with Crippen LogP contribution in [0.25, 0.3) is 22.5 Å². The van der Waals surface area contributed by atoms with Crippen molar-refractivity contribution in [2.24, 2.45) is 0 Å². The van der Waals surface area contributed by atoms with Crippen molar-refractivity contribution in [3.05, 3.63) is 64.1 Å². The minimum Gasteiger partial charge on any atom is -0.493 e. The predicted molar refractivity (Wildman–Crippen MR) is 115 cm³/mol. The number of ether oxygens (including phenoxy) is 2. The molecule has 1 N–H and O–H groups in total. The molecular formula is C23H25N3O3. The fourth-order valence-electron chi connectivity index (χ4n) is 3.79. The highest BCUT2D eigenvalue weighted by molar-refractivity contribution is 5.71. The summed E-state index contributed by atoms with van der Waals surface area (Å²) in [6.07, 6.45) is 5.04. The van der Waals surface area contributed by atoms with Crippen molar-refractivity contribution in [1.82, 2.24) is 14.7 Å². The lowest BCUT2D eigenvalue weighted by molar-refractivity contribution is 0.355. The maximum atomic E-state index is 12.9. The number of aromatic nitrogens is 2. The SMILES string of the molecule is COc1ccc(-c2cc(=O)n3cc(C4=CCNC(C)C4)cc(C)c3n2)cc1OC. The lowest BCUT2D eigenvalue weighted by Gasteiger charge is -2.21. The molecule has 4 rings (SSSR count). The summed E-state index contributed by atoms with van der Waals surface area (Å²) in [5, 5.41) is 3.41. The second-order valence-corrected chi connectivity index (χ2v) is 7.40. The largest absolute Gasteiger partial charge is 0.493 e. The van der Waals surface area contributed by atoms with Crippen LogP contribution in [-0.4, -0.2) is 36.2 Å². The van der Waals surface area contributed by atoms with Crippen LogP contribution in [0.4, 0.5) is 0 Å². The summed E-state index contributed by atoms with van der Waals surface area (Å²) in [6, 6.07) is 9.64. The highest BCUT2D eigenvalue weighted by Gasteiger charge is 2.15. The smallest absolute Gasteiger partial charge is 0.258 e. The number of methoxy groups -OCH3 is 2. The number of benzene rings is 1. The van der Waals surface area contributed by atoms with Crippen molar-refractivity contribution in [3.8, 4) is 22.8 Å². The quantitative estimate of drug-likeness (QED) is 0.738. The molecule has 1 atom stereocenters. The van der Waals surface area contributed by atoms with Gasteiger partial charge in [-0.25, -0.2) is 4.98 Å². The summed E-state index contributed by atoms with van der Waals surface area (Å²) in [6.45, 7) is 5.01. The minimum absolute atomic E-state index is 0.104. The van der Waals surface area contributed by atoms with Crippen LogP contribution < -0.4 is 20.3 Å². The monoisotopic (exact) mass is 391 g/mol. The molecule has 0 amide bonds. The molecule has 150 valence electrons. The number of rotatable bonds is 4. The molecule has 1 aromatic carbocycles. The standard InChI is InChI=1S/C23H25N3O3/c1-14-9-18(16-7-8-24-15(2)10-16)13-26-22(27)12-19(25-23(14)26)17-5-6-20(28-3)21(11-17)29-4/h5-7,9,11-13,15,24H,8,10H2,1-4H3. The van der Waals surface area contributed by atoms with Crippen molar-refractivity contribution in [3.63, 3.8) is 0 Å². The van der Waals surface area contributed by atoms with E-state index in [0.29, 0.717) is 28.9 Å². The average molecular weight is 391 g/mol. The molecular weight excluding hydrogens is 366 g/mol. The van der Waals surface area contributed by atoms with Gasteiger partial charge in [-0.3, -0.25) is 9.20 Å². The van der Waals surface area contributed by atoms with Crippen LogP contribution in [0.3, 0.4) is 0 Å². The Morgan fingerprint density at radius 2 is 1.90 bits per heavy atom. The lowest BCUT2D eigenvalue weighted by Crippen LogP contribution is -2.30. The lowest BCUT2D eigenvalue weighted by atomic mass is 9.96. The zero-order valence-corrected chi connectivity index (χ0v) is 17.2. The molecule has 0 radical (unpaired) electrons. The van der Waals surface area contributed by atoms with Crippen LogP contribution in [-0.2, 0) is 0 Å². The molecule has 2 aromatic heterocycles. The molecule has 29 heavy (non-hydrogen) atoms. The van der Waals surface area contributed by atoms with Crippen molar-refractivity contribution in [2.75, 3.05) is 20.8 Å². The van der Waals surface area contributed by atoms with Crippen LogP contribution in [0.15, 0.2) is 47.4 Å². The highest BCUT2D eigenvalue weighted by Crippen LogP contribution is 2.32. The summed E-state index contributed by atoms with van der Waals surface area (Å²) in [4.78, 5) is 17.7. The molecule has 1 unspecified atom stereocenters. The maximum absolute atomic E-state index is 12.9. The second-order valence-electron chi connectivity index (χ2n) is 7.40. The van der Waals surface area contributed by atoms with Crippen molar-refractivity contribution in [2.45, 2.75) is 26.3 Å². The minimum atomic E-state index is -0.104. The van der Waals surface area contributed by atoms with Crippen LogP contribution in [0.2, 0.25) is 0 Å². The molecule has 0 saturated carbocycles. The Labute approximate surface area is 169 Å². The first-order chi connectivity index (χ1) is 14.0. The molecule has 0 bridgehead atoms. The first-order valence-corrected chi connectivity index (χ1v) is 9.69. The molecule has 1 aliphatic rings. The van der Waals surface area contributed by atoms with E-state index in [-0.39, 0.29) is 5.56 Å². The molecule has 6 nitrogen and oxygen atoms in total. The first-order valence-electron chi connectivity index (χ1n) is 9.69. The van der Waals surface area contributed by atoms with Gasteiger partial charge in [0.2, 0.25) is 0 Å². The number of aryl methyl sites for hydroxylation is 1. The van der Waals surface area contributed by atoms with Crippen molar-refractivity contribution in [1.29, 1.82) is 0 Å². The van der Waals surface area contributed by atoms with Gasteiger partial charge in [-0.15, -0.1) is 0 Å².